The van der Waals surface area contributed by atoms with Gasteiger partial charge in [0.15, 0.2) is 0 Å². The van der Waals surface area contributed by atoms with Crippen LogP contribution in [0.25, 0.3) is 0 Å². The predicted molar refractivity (Wildman–Crippen MR) is 59.0 cm³/mol. The Kier molecular flexibility index (Phi) is 5.72. The lowest BCUT2D eigenvalue weighted by molar-refractivity contribution is -0.137. The van der Waals surface area contributed by atoms with E-state index in [1.807, 2.05) is 37.3 Å². The zero-order valence-electron chi connectivity index (χ0n) is 7.93. The molecule has 0 saturated carbocycles. The van der Waals surface area contributed by atoms with Crippen molar-refractivity contribution in [2.24, 2.45) is 0 Å². The van der Waals surface area contributed by atoms with Gasteiger partial charge in [0.05, 0.1) is 6.42 Å². The first kappa shape index (κ1) is 12.8. The van der Waals surface area contributed by atoms with Crippen LogP contribution in [0.2, 0.25) is 0 Å². The van der Waals surface area contributed by atoms with E-state index in [9.17, 15) is 4.79 Å². The third-order valence-electron chi connectivity index (χ3n) is 1.67. The second-order valence-electron chi connectivity index (χ2n) is 3.01. The molecule has 0 amide bonds. The van der Waals surface area contributed by atoms with Crippen LogP contribution in [0.3, 0.4) is 0 Å². The summed E-state index contributed by atoms with van der Waals surface area (Å²) < 4.78 is 0. The van der Waals surface area contributed by atoms with Crippen LogP contribution in [0.4, 0.5) is 5.69 Å². The summed E-state index contributed by atoms with van der Waals surface area (Å²) in [4.78, 5) is 10.4. The van der Waals surface area contributed by atoms with Crippen molar-refractivity contribution in [2.45, 2.75) is 19.4 Å². The van der Waals surface area contributed by atoms with Crippen LogP contribution < -0.4 is 5.32 Å². The number of anilines is 1. The van der Waals surface area contributed by atoms with Gasteiger partial charge in [0.1, 0.15) is 0 Å². The molecule has 0 saturated heterocycles. The highest BCUT2D eigenvalue weighted by Gasteiger charge is 2.05. The van der Waals surface area contributed by atoms with Crippen LogP contribution in [0.5, 0.6) is 0 Å². The van der Waals surface area contributed by atoms with Gasteiger partial charge in [0, 0.05) is 11.7 Å². The summed E-state index contributed by atoms with van der Waals surface area (Å²) in [5.41, 5.74) is 0.955. The lowest BCUT2D eigenvalue weighted by Gasteiger charge is -2.12. The number of hydrogen-bond acceptors (Lipinski definition) is 2. The molecule has 0 aliphatic carbocycles. The van der Waals surface area contributed by atoms with E-state index >= 15 is 0 Å². The fraction of sp³-hybridized carbons (Fsp3) is 0.300. The molecule has 0 unspecified atom stereocenters. The van der Waals surface area contributed by atoms with E-state index in [-0.39, 0.29) is 24.9 Å². The van der Waals surface area contributed by atoms with E-state index in [1.54, 1.807) is 0 Å². The second-order valence-corrected chi connectivity index (χ2v) is 3.01. The molecule has 0 radical (unpaired) electrons. The minimum absolute atomic E-state index is 0. The van der Waals surface area contributed by atoms with Crippen LogP contribution in [-0.2, 0) is 4.79 Å². The molecule has 0 aliphatic heterocycles. The number of carboxylic acids is 1. The van der Waals surface area contributed by atoms with Crippen LogP contribution in [0.1, 0.15) is 13.3 Å². The zero-order chi connectivity index (χ0) is 9.68. The number of nitrogens with one attached hydrogen (secondary N) is 1. The summed E-state index contributed by atoms with van der Waals surface area (Å²) in [7, 11) is 0. The maximum Gasteiger partial charge on any atom is 0.305 e. The van der Waals surface area contributed by atoms with Crippen molar-refractivity contribution in [3.05, 3.63) is 30.3 Å². The van der Waals surface area contributed by atoms with Crippen molar-refractivity contribution in [3.63, 3.8) is 0 Å². The van der Waals surface area contributed by atoms with E-state index in [0.29, 0.717) is 0 Å². The Morgan fingerprint density at radius 1 is 1.43 bits per heavy atom. The highest BCUT2D eigenvalue weighted by Crippen LogP contribution is 2.08. The van der Waals surface area contributed by atoms with Crippen LogP contribution in [-0.4, -0.2) is 17.1 Å². The minimum Gasteiger partial charge on any atom is -0.481 e. The smallest absolute Gasteiger partial charge is 0.305 e. The molecule has 1 aromatic carbocycles. The van der Waals surface area contributed by atoms with Gasteiger partial charge in [-0.15, -0.1) is 12.4 Å². The molecule has 78 valence electrons. The molecule has 0 fully saturated rings. The summed E-state index contributed by atoms with van der Waals surface area (Å²) >= 11 is 0. The first-order valence-electron chi connectivity index (χ1n) is 4.22. The number of rotatable bonds is 4. The number of carboxylic acid groups (broad SMARTS) is 1. The van der Waals surface area contributed by atoms with Crippen LogP contribution in [0.15, 0.2) is 30.3 Å². The van der Waals surface area contributed by atoms with Gasteiger partial charge in [-0.1, -0.05) is 18.2 Å². The average molecular weight is 216 g/mol. The van der Waals surface area contributed by atoms with Crippen molar-refractivity contribution in [1.82, 2.24) is 0 Å². The average Bonchev–Trinajstić information content (AvgIpc) is 2.04. The van der Waals surface area contributed by atoms with Gasteiger partial charge in [-0.05, 0) is 19.1 Å². The number of aliphatic carboxylic acids is 1. The Labute approximate surface area is 89.5 Å². The van der Waals surface area contributed by atoms with Crippen LogP contribution >= 0.6 is 12.4 Å². The molecular formula is C10H14ClNO2. The maximum absolute atomic E-state index is 10.4. The minimum atomic E-state index is -0.782. The number of carbonyl (C=O) groups is 1. The molecule has 1 rings (SSSR count). The van der Waals surface area contributed by atoms with E-state index < -0.39 is 5.97 Å². The first-order chi connectivity index (χ1) is 6.18. The molecule has 0 aliphatic rings. The van der Waals surface area contributed by atoms with E-state index in [2.05, 4.69) is 5.32 Å². The lowest BCUT2D eigenvalue weighted by Crippen LogP contribution is -2.19. The number of benzene rings is 1. The summed E-state index contributed by atoms with van der Waals surface area (Å²) in [6, 6.07) is 9.54. The van der Waals surface area contributed by atoms with Gasteiger partial charge in [0.2, 0.25) is 0 Å². The fourth-order valence-electron chi connectivity index (χ4n) is 1.13. The molecule has 1 aromatic rings. The number of para-hydroxylation sites is 1. The van der Waals surface area contributed by atoms with Crippen molar-refractivity contribution >= 4 is 24.1 Å². The summed E-state index contributed by atoms with van der Waals surface area (Å²) in [6.45, 7) is 1.85. The molecule has 4 heteroatoms. The van der Waals surface area contributed by atoms with Crippen molar-refractivity contribution < 1.29 is 9.90 Å². The summed E-state index contributed by atoms with van der Waals surface area (Å²) in [5, 5.41) is 11.6. The Bertz CT molecular complexity index is 277. The molecule has 1 atom stereocenters. The molecule has 2 N–H and O–H groups in total. The first-order valence-corrected chi connectivity index (χ1v) is 4.22. The quantitative estimate of drug-likeness (QED) is 0.811. The molecule has 0 spiro atoms. The zero-order valence-corrected chi connectivity index (χ0v) is 8.75. The van der Waals surface area contributed by atoms with Gasteiger partial charge in [-0.2, -0.15) is 0 Å². The van der Waals surface area contributed by atoms with Crippen LogP contribution in [0, 0.1) is 0 Å². The van der Waals surface area contributed by atoms with Crippen molar-refractivity contribution in [1.29, 1.82) is 0 Å². The van der Waals surface area contributed by atoms with Gasteiger partial charge >= 0.3 is 5.97 Å². The lowest BCUT2D eigenvalue weighted by atomic mass is 10.2. The highest BCUT2D eigenvalue weighted by atomic mass is 35.5. The Hall–Kier alpha value is -1.22. The molecular weight excluding hydrogens is 202 g/mol. The van der Waals surface area contributed by atoms with Gasteiger partial charge in [0.25, 0.3) is 0 Å². The highest BCUT2D eigenvalue weighted by molar-refractivity contribution is 5.85. The Balaban J connectivity index is 0.00000169. The Morgan fingerprint density at radius 2 is 2.00 bits per heavy atom. The van der Waals surface area contributed by atoms with E-state index in [0.717, 1.165) is 5.69 Å². The topological polar surface area (TPSA) is 49.3 Å². The normalized spacial score (nSPS) is 11.2. The Morgan fingerprint density at radius 3 is 2.50 bits per heavy atom. The molecule has 14 heavy (non-hydrogen) atoms. The summed E-state index contributed by atoms with van der Waals surface area (Å²) in [5.74, 6) is -0.782. The largest absolute Gasteiger partial charge is 0.481 e. The van der Waals surface area contributed by atoms with Crippen molar-refractivity contribution in [2.75, 3.05) is 5.32 Å². The standard InChI is InChI=1S/C10H13NO2.ClH/c1-8(7-10(12)13)11-9-5-3-2-4-6-9;/h2-6,8,11H,7H2,1H3,(H,12,13);1H/t8-;/m0./s1. The monoisotopic (exact) mass is 215 g/mol. The van der Waals surface area contributed by atoms with Gasteiger partial charge in [-0.3, -0.25) is 4.79 Å². The number of hydrogen-bond donors (Lipinski definition) is 2. The molecule has 0 bridgehead atoms. The third kappa shape index (κ3) is 4.72. The van der Waals surface area contributed by atoms with Gasteiger partial charge in [-0.25, -0.2) is 0 Å². The predicted octanol–water partition coefficient (Wildman–Crippen LogP) is 2.38. The third-order valence-corrected chi connectivity index (χ3v) is 1.67. The molecule has 3 nitrogen and oxygen atoms in total. The van der Waals surface area contributed by atoms with E-state index in [1.165, 1.54) is 0 Å². The van der Waals surface area contributed by atoms with E-state index in [4.69, 9.17) is 5.11 Å². The SMILES string of the molecule is C[C@@H](CC(=O)O)Nc1ccccc1.Cl. The molecule has 0 heterocycles. The summed E-state index contributed by atoms with van der Waals surface area (Å²) in [6.07, 6.45) is 0.134. The van der Waals surface area contributed by atoms with Gasteiger partial charge < -0.3 is 10.4 Å². The maximum atomic E-state index is 10.4. The number of halogens is 1. The fourth-order valence-corrected chi connectivity index (χ4v) is 1.13. The van der Waals surface area contributed by atoms with Crippen molar-refractivity contribution in [3.8, 4) is 0 Å². The second kappa shape index (κ2) is 6.27. The molecule has 0 aromatic heterocycles.